The molecule has 4 rings (SSSR count). The zero-order chi connectivity index (χ0) is 20.2. The number of hydrogen-bond acceptors (Lipinski definition) is 7. The summed E-state index contributed by atoms with van der Waals surface area (Å²) in [5.74, 6) is 1.54. The van der Waals surface area contributed by atoms with E-state index in [4.69, 9.17) is 18.9 Å². The van der Waals surface area contributed by atoms with E-state index in [9.17, 15) is 5.11 Å². The average molecular weight is 397 g/mol. The number of methoxy groups -OCH3 is 1. The molecule has 154 valence electrons. The molecule has 1 aliphatic heterocycles. The number of furan rings is 1. The molecule has 1 aliphatic rings. The average Bonchev–Trinajstić information content (AvgIpc) is 3.26. The van der Waals surface area contributed by atoms with Crippen LogP contribution in [0.2, 0.25) is 0 Å². The first-order valence-corrected chi connectivity index (χ1v) is 9.98. The Balaban J connectivity index is 1.61. The lowest BCUT2D eigenvalue weighted by molar-refractivity contribution is -0.0841. The maximum Gasteiger partial charge on any atom is 0.222 e. The molecule has 3 heterocycles. The van der Waals surface area contributed by atoms with Gasteiger partial charge in [-0.25, -0.2) is 4.98 Å². The van der Waals surface area contributed by atoms with Crippen LogP contribution in [-0.4, -0.2) is 67.7 Å². The fraction of sp³-hybridized carbons (Fsp3) is 0.409. The normalized spacial score (nSPS) is 16.3. The first-order valence-electron chi connectivity index (χ1n) is 9.98. The van der Waals surface area contributed by atoms with Gasteiger partial charge in [0.2, 0.25) is 6.29 Å². The van der Waals surface area contributed by atoms with Crippen LogP contribution in [0.15, 0.2) is 47.1 Å². The van der Waals surface area contributed by atoms with Crippen molar-refractivity contribution >= 4 is 16.8 Å². The van der Waals surface area contributed by atoms with Gasteiger partial charge in [0.15, 0.2) is 11.4 Å². The molecule has 2 aromatic heterocycles. The van der Waals surface area contributed by atoms with E-state index < -0.39 is 6.29 Å². The summed E-state index contributed by atoms with van der Waals surface area (Å²) in [5.41, 5.74) is 2.72. The molecule has 1 N–H and O–H groups in total. The summed E-state index contributed by atoms with van der Waals surface area (Å²) in [6, 6.07) is 11.7. The number of anilines is 1. The van der Waals surface area contributed by atoms with Crippen molar-refractivity contribution in [2.45, 2.75) is 13.2 Å². The lowest BCUT2D eigenvalue weighted by atomic mass is 10.1. The Labute approximate surface area is 170 Å². The van der Waals surface area contributed by atoms with Crippen molar-refractivity contribution in [3.8, 4) is 17.0 Å². The summed E-state index contributed by atoms with van der Waals surface area (Å²) in [7, 11) is 1.50. The quantitative estimate of drug-likeness (QED) is 0.615. The molecule has 0 spiro atoms. The van der Waals surface area contributed by atoms with Crippen molar-refractivity contribution in [1.29, 1.82) is 0 Å². The second-order valence-electron chi connectivity index (χ2n) is 7.08. The van der Waals surface area contributed by atoms with Crippen LogP contribution in [0.4, 0.5) is 5.82 Å². The number of aliphatic hydroxyl groups is 1. The predicted octanol–water partition coefficient (Wildman–Crippen LogP) is 2.98. The molecule has 1 atom stereocenters. The number of fused-ring (bicyclic) bond motifs is 1. The fourth-order valence-electron chi connectivity index (χ4n) is 3.61. The predicted molar refractivity (Wildman–Crippen MR) is 112 cm³/mol. The van der Waals surface area contributed by atoms with Gasteiger partial charge in [0.05, 0.1) is 12.0 Å². The van der Waals surface area contributed by atoms with Gasteiger partial charge in [0.25, 0.3) is 0 Å². The van der Waals surface area contributed by atoms with Crippen molar-refractivity contribution in [3.05, 3.63) is 42.7 Å². The van der Waals surface area contributed by atoms with E-state index in [0.29, 0.717) is 5.75 Å². The molecule has 0 bridgehead atoms. The minimum atomic E-state index is -0.672. The van der Waals surface area contributed by atoms with Crippen LogP contribution in [0.25, 0.3) is 22.2 Å². The summed E-state index contributed by atoms with van der Waals surface area (Å²) in [6.07, 6.45) is 1.05. The number of nitrogens with zero attached hydrogens (tertiary/aromatic N) is 3. The Morgan fingerprint density at radius 3 is 2.55 bits per heavy atom. The first-order chi connectivity index (χ1) is 14.2. The molecular weight excluding hydrogens is 370 g/mol. The Hall–Kier alpha value is -2.61. The van der Waals surface area contributed by atoms with Gasteiger partial charge in [0, 0.05) is 44.2 Å². The maximum atomic E-state index is 9.21. The molecule has 0 radical (unpaired) electrons. The van der Waals surface area contributed by atoms with Crippen LogP contribution < -0.4 is 9.64 Å². The third-order valence-corrected chi connectivity index (χ3v) is 5.37. The lowest BCUT2D eigenvalue weighted by Gasteiger charge is -2.34. The molecule has 1 aromatic carbocycles. The SMILES string of the molecule is CCN1CCN(c2nc(-c3ccc(O[C@@H](CO)OC)cc3)cc3ccoc23)CC1. The molecule has 0 saturated carbocycles. The van der Waals surface area contributed by atoms with E-state index in [-0.39, 0.29) is 6.61 Å². The Bertz CT molecular complexity index is 929. The highest BCUT2D eigenvalue weighted by Gasteiger charge is 2.21. The van der Waals surface area contributed by atoms with Gasteiger partial charge in [-0.3, -0.25) is 0 Å². The number of likely N-dealkylation sites (N-methyl/N-ethyl adjacent to an activating group) is 1. The molecule has 0 unspecified atom stereocenters. The van der Waals surface area contributed by atoms with Crippen molar-refractivity contribution in [3.63, 3.8) is 0 Å². The Kier molecular flexibility index (Phi) is 5.99. The number of piperazine rings is 1. The summed E-state index contributed by atoms with van der Waals surface area (Å²) in [6.45, 7) is 7.00. The number of rotatable bonds is 7. The minimum absolute atomic E-state index is 0.203. The highest BCUT2D eigenvalue weighted by Crippen LogP contribution is 2.32. The first kappa shape index (κ1) is 19.7. The molecule has 7 nitrogen and oxygen atoms in total. The van der Waals surface area contributed by atoms with Gasteiger partial charge < -0.3 is 28.8 Å². The van der Waals surface area contributed by atoms with E-state index in [1.165, 1.54) is 7.11 Å². The molecule has 1 fully saturated rings. The number of hydrogen-bond donors (Lipinski definition) is 1. The summed E-state index contributed by atoms with van der Waals surface area (Å²) >= 11 is 0. The van der Waals surface area contributed by atoms with E-state index in [1.807, 2.05) is 36.4 Å². The zero-order valence-corrected chi connectivity index (χ0v) is 16.9. The van der Waals surface area contributed by atoms with Crippen LogP contribution in [0.5, 0.6) is 5.75 Å². The van der Waals surface area contributed by atoms with E-state index in [2.05, 4.69) is 16.7 Å². The molecule has 7 heteroatoms. The summed E-state index contributed by atoms with van der Waals surface area (Å²) in [4.78, 5) is 9.70. The minimum Gasteiger partial charge on any atom is -0.462 e. The molecule has 3 aromatic rings. The van der Waals surface area contributed by atoms with Gasteiger partial charge in [-0.2, -0.15) is 0 Å². The molecule has 0 aliphatic carbocycles. The second-order valence-corrected chi connectivity index (χ2v) is 7.08. The van der Waals surface area contributed by atoms with Crippen LogP contribution in [0, 0.1) is 0 Å². The molecule has 29 heavy (non-hydrogen) atoms. The summed E-state index contributed by atoms with van der Waals surface area (Å²) in [5, 5.41) is 10.3. The third-order valence-electron chi connectivity index (χ3n) is 5.37. The van der Waals surface area contributed by atoms with Crippen LogP contribution in [0.1, 0.15) is 6.92 Å². The molecular formula is C22H27N3O4. The lowest BCUT2D eigenvalue weighted by Crippen LogP contribution is -2.46. The van der Waals surface area contributed by atoms with Crippen LogP contribution >= 0.6 is 0 Å². The second kappa shape index (κ2) is 8.82. The van der Waals surface area contributed by atoms with E-state index in [0.717, 1.165) is 60.8 Å². The standard InChI is InChI=1S/C22H27N3O4/c1-3-24-9-11-25(12-10-24)22-21-17(8-13-28-21)14-19(23-22)16-4-6-18(7-5-16)29-20(15-26)27-2/h4-8,13-14,20,26H,3,9-12,15H2,1-2H3/t20-/m0/s1. The van der Waals surface area contributed by atoms with Crippen molar-refractivity contribution in [1.82, 2.24) is 9.88 Å². The van der Waals surface area contributed by atoms with Crippen molar-refractivity contribution < 1.29 is 19.0 Å². The monoisotopic (exact) mass is 397 g/mol. The maximum absolute atomic E-state index is 9.21. The molecule has 0 amide bonds. The van der Waals surface area contributed by atoms with E-state index in [1.54, 1.807) is 6.26 Å². The molecule has 1 saturated heterocycles. The van der Waals surface area contributed by atoms with Gasteiger partial charge in [-0.15, -0.1) is 0 Å². The fourth-order valence-corrected chi connectivity index (χ4v) is 3.61. The van der Waals surface area contributed by atoms with E-state index >= 15 is 0 Å². The number of pyridine rings is 1. The largest absolute Gasteiger partial charge is 0.462 e. The van der Waals surface area contributed by atoms with Gasteiger partial charge in [-0.05, 0) is 42.9 Å². The Morgan fingerprint density at radius 1 is 1.14 bits per heavy atom. The van der Waals surface area contributed by atoms with Crippen LogP contribution in [0.3, 0.4) is 0 Å². The van der Waals surface area contributed by atoms with Crippen LogP contribution in [-0.2, 0) is 4.74 Å². The number of benzene rings is 1. The highest BCUT2D eigenvalue weighted by atomic mass is 16.7. The van der Waals surface area contributed by atoms with Gasteiger partial charge in [-0.1, -0.05) is 6.92 Å². The zero-order valence-electron chi connectivity index (χ0n) is 16.9. The van der Waals surface area contributed by atoms with Gasteiger partial charge in [0.1, 0.15) is 12.4 Å². The summed E-state index contributed by atoms with van der Waals surface area (Å²) < 4.78 is 16.4. The number of ether oxygens (including phenoxy) is 2. The van der Waals surface area contributed by atoms with Gasteiger partial charge >= 0.3 is 0 Å². The number of aliphatic hydroxyl groups excluding tert-OH is 1. The highest BCUT2D eigenvalue weighted by molar-refractivity contribution is 5.90. The Morgan fingerprint density at radius 2 is 1.90 bits per heavy atom. The number of aromatic nitrogens is 1. The smallest absolute Gasteiger partial charge is 0.222 e. The van der Waals surface area contributed by atoms with Crippen molar-refractivity contribution in [2.75, 3.05) is 51.3 Å². The topological polar surface area (TPSA) is 71.2 Å². The van der Waals surface area contributed by atoms with Crippen molar-refractivity contribution in [2.24, 2.45) is 0 Å². The third kappa shape index (κ3) is 4.22.